The monoisotopic (exact) mass is 296 g/mol. The van der Waals surface area contributed by atoms with Crippen LogP contribution in [0.2, 0.25) is 0 Å². The van der Waals surface area contributed by atoms with Gasteiger partial charge in [0.25, 0.3) is 0 Å². The minimum Gasteiger partial charge on any atom is -0.309 e. The van der Waals surface area contributed by atoms with E-state index in [1.54, 1.807) is 4.57 Å². The van der Waals surface area contributed by atoms with Crippen molar-refractivity contribution in [3.63, 3.8) is 0 Å². The van der Waals surface area contributed by atoms with Crippen molar-refractivity contribution in [1.82, 2.24) is 4.57 Å². The summed E-state index contributed by atoms with van der Waals surface area (Å²) in [6.45, 7) is 4.25. The van der Waals surface area contributed by atoms with Crippen molar-refractivity contribution >= 4 is 27.3 Å². The number of carbonyl (C=O) groups is 1. The van der Waals surface area contributed by atoms with E-state index in [1.807, 2.05) is 50.2 Å². The average Bonchev–Trinajstić information content (AvgIpc) is 2.75. The molecule has 0 spiro atoms. The molecule has 0 aliphatic heterocycles. The maximum atomic E-state index is 12.4. The summed E-state index contributed by atoms with van der Waals surface area (Å²) in [5, 5.41) is 8.09. The molecule has 3 aromatic rings. The van der Waals surface area contributed by atoms with Gasteiger partial charge in [-0.1, -0.05) is 47.2 Å². The van der Waals surface area contributed by atoms with Gasteiger partial charge in [-0.05, 0) is 31.5 Å². The van der Waals surface area contributed by atoms with Crippen molar-refractivity contribution in [2.24, 2.45) is 0 Å². The number of Topliss-reactive ketones (excluding diaryl/α,β-unsaturated/α-hetero) is 1. The van der Waals surface area contributed by atoms with Gasteiger partial charge >= 0.3 is 0 Å². The van der Waals surface area contributed by atoms with E-state index in [1.165, 1.54) is 16.9 Å². The van der Waals surface area contributed by atoms with Crippen molar-refractivity contribution in [1.29, 1.82) is 5.41 Å². The second-order valence-electron chi connectivity index (χ2n) is 5.25. The smallest absolute Gasteiger partial charge is 0.183 e. The molecular formula is C17H16N2OS. The molecule has 21 heavy (non-hydrogen) atoms. The molecule has 0 fully saturated rings. The van der Waals surface area contributed by atoms with Crippen LogP contribution in [0, 0.1) is 19.3 Å². The fourth-order valence-corrected chi connectivity index (χ4v) is 3.34. The van der Waals surface area contributed by atoms with E-state index in [4.69, 9.17) is 5.41 Å². The maximum Gasteiger partial charge on any atom is 0.183 e. The summed E-state index contributed by atoms with van der Waals surface area (Å²) in [4.78, 5) is 12.8. The van der Waals surface area contributed by atoms with Gasteiger partial charge in [0, 0.05) is 5.56 Å². The Balaban J connectivity index is 1.98. The van der Waals surface area contributed by atoms with Gasteiger partial charge in [0.2, 0.25) is 0 Å². The molecule has 3 nitrogen and oxygen atoms in total. The Hall–Kier alpha value is -2.20. The predicted molar refractivity (Wildman–Crippen MR) is 85.9 cm³/mol. The Morgan fingerprint density at radius 2 is 1.76 bits per heavy atom. The van der Waals surface area contributed by atoms with Crippen LogP contribution in [0.15, 0.2) is 42.5 Å². The van der Waals surface area contributed by atoms with Crippen LogP contribution < -0.4 is 4.80 Å². The Bertz CT molecular complexity index is 872. The van der Waals surface area contributed by atoms with Crippen LogP contribution in [0.5, 0.6) is 0 Å². The lowest BCUT2D eigenvalue weighted by Crippen LogP contribution is -2.19. The number of rotatable bonds is 3. The summed E-state index contributed by atoms with van der Waals surface area (Å²) < 4.78 is 2.83. The number of fused-ring (bicyclic) bond motifs is 1. The Labute approximate surface area is 127 Å². The predicted octanol–water partition coefficient (Wildman–Crippen LogP) is 3.68. The number of nitrogens with one attached hydrogen (secondary N) is 1. The summed E-state index contributed by atoms with van der Waals surface area (Å²) in [6, 6.07) is 13.6. The zero-order valence-corrected chi connectivity index (χ0v) is 12.8. The number of hydrogen-bond donors (Lipinski definition) is 1. The highest BCUT2D eigenvalue weighted by atomic mass is 32.1. The molecule has 1 heterocycles. The third kappa shape index (κ3) is 2.67. The molecule has 0 saturated carbocycles. The van der Waals surface area contributed by atoms with E-state index in [0.717, 1.165) is 15.8 Å². The molecule has 0 bridgehead atoms. The second kappa shape index (κ2) is 5.30. The second-order valence-corrected chi connectivity index (χ2v) is 6.28. The van der Waals surface area contributed by atoms with Crippen molar-refractivity contribution in [2.45, 2.75) is 20.4 Å². The van der Waals surface area contributed by atoms with Crippen LogP contribution in [0.1, 0.15) is 21.5 Å². The van der Waals surface area contributed by atoms with Crippen molar-refractivity contribution in [2.75, 3.05) is 0 Å². The SMILES string of the molecule is Cc1ccc(C(=O)Cn2c(=N)sc3cc(C)ccc32)cc1. The molecule has 3 rings (SSSR count). The van der Waals surface area contributed by atoms with Crippen LogP contribution in [0.4, 0.5) is 0 Å². The minimum atomic E-state index is 0.0359. The third-order valence-electron chi connectivity index (χ3n) is 3.53. The van der Waals surface area contributed by atoms with Crippen LogP contribution >= 0.6 is 11.3 Å². The molecule has 0 atom stereocenters. The molecule has 1 aromatic heterocycles. The van der Waals surface area contributed by atoms with Gasteiger partial charge in [-0.3, -0.25) is 10.2 Å². The van der Waals surface area contributed by atoms with Crippen LogP contribution in [0.3, 0.4) is 0 Å². The van der Waals surface area contributed by atoms with E-state index >= 15 is 0 Å². The zero-order chi connectivity index (χ0) is 15.0. The van der Waals surface area contributed by atoms with Crippen LogP contribution in [0.25, 0.3) is 10.2 Å². The van der Waals surface area contributed by atoms with Gasteiger partial charge in [-0.2, -0.15) is 0 Å². The van der Waals surface area contributed by atoms with E-state index in [2.05, 4.69) is 6.07 Å². The molecule has 0 amide bonds. The molecule has 0 aliphatic carbocycles. The molecule has 4 heteroatoms. The number of benzene rings is 2. The van der Waals surface area contributed by atoms with E-state index in [-0.39, 0.29) is 12.3 Å². The zero-order valence-electron chi connectivity index (χ0n) is 12.0. The number of hydrogen-bond acceptors (Lipinski definition) is 3. The summed E-state index contributed by atoms with van der Waals surface area (Å²) in [7, 11) is 0. The molecule has 106 valence electrons. The first kappa shape index (κ1) is 13.8. The largest absolute Gasteiger partial charge is 0.309 e. The standard InChI is InChI=1S/C17H16N2OS/c1-11-3-6-13(7-4-11)15(20)10-19-14-8-5-12(2)9-16(14)21-17(19)18/h3-9,18H,10H2,1-2H3. The Morgan fingerprint density at radius 1 is 1.10 bits per heavy atom. The van der Waals surface area contributed by atoms with E-state index in [0.29, 0.717) is 10.4 Å². The van der Waals surface area contributed by atoms with Crippen molar-refractivity contribution in [3.8, 4) is 0 Å². The molecule has 2 aromatic carbocycles. The lowest BCUT2D eigenvalue weighted by Gasteiger charge is -2.05. The lowest BCUT2D eigenvalue weighted by molar-refractivity contribution is 0.0972. The molecule has 0 unspecified atom stereocenters. The number of nitrogens with zero attached hydrogens (tertiary/aromatic N) is 1. The van der Waals surface area contributed by atoms with Gasteiger partial charge in [0.15, 0.2) is 10.6 Å². The average molecular weight is 296 g/mol. The molecule has 1 N–H and O–H groups in total. The lowest BCUT2D eigenvalue weighted by atomic mass is 10.1. The highest BCUT2D eigenvalue weighted by molar-refractivity contribution is 7.16. The fraction of sp³-hybridized carbons (Fsp3) is 0.176. The van der Waals surface area contributed by atoms with Gasteiger partial charge in [-0.15, -0.1) is 0 Å². The maximum absolute atomic E-state index is 12.4. The summed E-state index contributed by atoms with van der Waals surface area (Å²) >= 11 is 1.41. The highest BCUT2D eigenvalue weighted by Crippen LogP contribution is 2.19. The molecule has 0 radical (unpaired) electrons. The quantitative estimate of drug-likeness (QED) is 0.736. The van der Waals surface area contributed by atoms with Gasteiger partial charge < -0.3 is 4.57 Å². The van der Waals surface area contributed by atoms with Crippen molar-refractivity contribution < 1.29 is 4.79 Å². The van der Waals surface area contributed by atoms with Crippen molar-refractivity contribution in [3.05, 3.63) is 64.0 Å². The number of carbonyl (C=O) groups excluding carboxylic acids is 1. The van der Waals surface area contributed by atoms with E-state index in [9.17, 15) is 4.79 Å². The summed E-state index contributed by atoms with van der Waals surface area (Å²) in [6.07, 6.45) is 0. The fourth-order valence-electron chi connectivity index (χ4n) is 2.33. The van der Waals surface area contributed by atoms with Crippen LogP contribution in [-0.4, -0.2) is 10.4 Å². The first-order valence-corrected chi connectivity index (χ1v) is 7.61. The number of aryl methyl sites for hydroxylation is 2. The summed E-state index contributed by atoms with van der Waals surface area (Å²) in [5.74, 6) is 0.0359. The van der Waals surface area contributed by atoms with Gasteiger partial charge in [-0.25, -0.2) is 0 Å². The molecule has 0 saturated heterocycles. The Kier molecular flexibility index (Phi) is 3.47. The minimum absolute atomic E-state index is 0.0359. The first-order valence-electron chi connectivity index (χ1n) is 6.79. The highest BCUT2D eigenvalue weighted by Gasteiger charge is 2.11. The Morgan fingerprint density at radius 3 is 2.48 bits per heavy atom. The van der Waals surface area contributed by atoms with Crippen LogP contribution in [-0.2, 0) is 6.54 Å². The van der Waals surface area contributed by atoms with E-state index < -0.39 is 0 Å². The number of ketones is 1. The molecule has 0 aliphatic rings. The number of aromatic nitrogens is 1. The van der Waals surface area contributed by atoms with Gasteiger partial charge in [0.05, 0.1) is 16.8 Å². The summed E-state index contributed by atoms with van der Waals surface area (Å²) in [5.41, 5.74) is 3.95. The third-order valence-corrected chi connectivity index (χ3v) is 4.49. The normalized spacial score (nSPS) is 11.0. The van der Waals surface area contributed by atoms with Gasteiger partial charge in [0.1, 0.15) is 0 Å². The topological polar surface area (TPSA) is 45.9 Å². The molecular weight excluding hydrogens is 280 g/mol. The first-order chi connectivity index (χ1) is 10.0. The number of thiazole rings is 1.